The first-order valence-electron chi connectivity index (χ1n) is 8.88. The molecule has 1 spiro atoms. The third kappa shape index (κ3) is 2.29. The molecular formula is C20H22N4O2. The number of nitrogens with one attached hydrogen (secondary N) is 1. The average Bonchev–Trinajstić information content (AvgIpc) is 2.90. The molecule has 0 aliphatic carbocycles. The van der Waals surface area contributed by atoms with Crippen LogP contribution in [0.15, 0.2) is 42.6 Å². The number of nitrogens with zero attached hydrogens (tertiary/aromatic N) is 3. The van der Waals surface area contributed by atoms with Gasteiger partial charge in [-0.2, -0.15) is 0 Å². The fourth-order valence-electron chi connectivity index (χ4n) is 4.29. The molecule has 6 nitrogen and oxygen atoms in total. The Hall–Kier alpha value is -2.89. The van der Waals surface area contributed by atoms with Crippen LogP contribution in [0.1, 0.15) is 28.8 Å². The van der Waals surface area contributed by atoms with E-state index >= 15 is 0 Å². The van der Waals surface area contributed by atoms with Gasteiger partial charge in [-0.3, -0.25) is 9.59 Å². The van der Waals surface area contributed by atoms with E-state index in [0.717, 1.165) is 24.1 Å². The summed E-state index contributed by atoms with van der Waals surface area (Å²) >= 11 is 0. The fourth-order valence-corrected chi connectivity index (χ4v) is 4.29. The van der Waals surface area contributed by atoms with Crippen molar-refractivity contribution < 1.29 is 9.59 Å². The molecule has 1 N–H and O–H groups in total. The second-order valence-electron chi connectivity index (χ2n) is 6.94. The van der Waals surface area contributed by atoms with Crippen molar-refractivity contribution in [2.45, 2.75) is 18.3 Å². The molecule has 3 heterocycles. The van der Waals surface area contributed by atoms with E-state index in [1.807, 2.05) is 31.3 Å². The lowest BCUT2D eigenvalue weighted by molar-refractivity contribution is -0.124. The predicted molar refractivity (Wildman–Crippen MR) is 100 cm³/mol. The number of piperidine rings is 1. The fraction of sp³-hybridized carbons (Fsp3) is 0.350. The molecule has 0 unspecified atom stereocenters. The summed E-state index contributed by atoms with van der Waals surface area (Å²) < 4.78 is 0. The highest BCUT2D eigenvalue weighted by Crippen LogP contribution is 2.46. The second-order valence-corrected chi connectivity index (χ2v) is 6.94. The van der Waals surface area contributed by atoms with Gasteiger partial charge in [0.05, 0.1) is 11.0 Å². The minimum Gasteiger partial charge on any atom is -0.372 e. The first-order valence-corrected chi connectivity index (χ1v) is 8.88. The number of carbonyl (C=O) groups excluding carboxylic acids is 2. The number of likely N-dealkylation sites (tertiary alicyclic amines) is 1. The quantitative estimate of drug-likeness (QED) is 0.902. The van der Waals surface area contributed by atoms with Crippen molar-refractivity contribution >= 4 is 23.3 Å². The zero-order valence-corrected chi connectivity index (χ0v) is 15.0. The number of hydrogen-bond donors (Lipinski definition) is 1. The number of hydrogen-bond acceptors (Lipinski definition) is 4. The molecule has 2 aromatic rings. The maximum Gasteiger partial charge on any atom is 0.257 e. The Morgan fingerprint density at radius 3 is 2.85 bits per heavy atom. The van der Waals surface area contributed by atoms with Crippen molar-refractivity contribution in [3.05, 3.63) is 53.7 Å². The Bertz CT molecular complexity index is 882. The molecule has 4 rings (SSSR count). The van der Waals surface area contributed by atoms with Gasteiger partial charge in [-0.05, 0) is 36.6 Å². The van der Waals surface area contributed by atoms with Crippen molar-refractivity contribution in [2.24, 2.45) is 0 Å². The van der Waals surface area contributed by atoms with Gasteiger partial charge in [0.1, 0.15) is 5.82 Å². The highest BCUT2D eigenvalue weighted by Gasteiger charge is 2.52. The van der Waals surface area contributed by atoms with Gasteiger partial charge in [0, 0.05) is 39.1 Å². The summed E-state index contributed by atoms with van der Waals surface area (Å²) in [5.74, 6) is 0.560. The molecule has 0 radical (unpaired) electrons. The SMILES string of the molecule is CNc1ncccc1C(=O)N1CCC[C@@]2(C1)C(=O)N(C)c1ccccc12. The van der Waals surface area contributed by atoms with E-state index < -0.39 is 5.41 Å². The number of rotatable bonds is 2. The van der Waals surface area contributed by atoms with E-state index in [2.05, 4.69) is 10.3 Å². The summed E-state index contributed by atoms with van der Waals surface area (Å²) in [7, 11) is 3.57. The maximum absolute atomic E-state index is 13.1. The number of likely N-dealkylation sites (N-methyl/N-ethyl adjacent to an activating group) is 1. The number of amides is 2. The van der Waals surface area contributed by atoms with Crippen molar-refractivity contribution in [2.75, 3.05) is 37.4 Å². The zero-order valence-electron chi connectivity index (χ0n) is 15.0. The van der Waals surface area contributed by atoms with Crippen LogP contribution in [-0.2, 0) is 10.2 Å². The number of para-hydroxylation sites is 1. The predicted octanol–water partition coefficient (Wildman–Crippen LogP) is 2.27. The lowest BCUT2D eigenvalue weighted by Gasteiger charge is -2.39. The van der Waals surface area contributed by atoms with E-state index in [1.165, 1.54) is 0 Å². The Balaban J connectivity index is 1.70. The lowest BCUT2D eigenvalue weighted by atomic mass is 9.75. The van der Waals surface area contributed by atoms with Crippen LogP contribution >= 0.6 is 0 Å². The first-order chi connectivity index (χ1) is 12.6. The molecule has 1 aromatic carbocycles. The van der Waals surface area contributed by atoms with E-state index in [4.69, 9.17) is 0 Å². The van der Waals surface area contributed by atoms with Crippen molar-refractivity contribution in [1.82, 2.24) is 9.88 Å². The molecule has 1 fully saturated rings. The highest BCUT2D eigenvalue weighted by atomic mass is 16.2. The molecular weight excluding hydrogens is 328 g/mol. The minimum atomic E-state index is -0.638. The second kappa shape index (κ2) is 6.12. The van der Waals surface area contributed by atoms with Crippen LogP contribution in [0.4, 0.5) is 11.5 Å². The Kier molecular flexibility index (Phi) is 3.90. The largest absolute Gasteiger partial charge is 0.372 e. The molecule has 0 bridgehead atoms. The van der Waals surface area contributed by atoms with Crippen LogP contribution in [0.25, 0.3) is 0 Å². The lowest BCUT2D eigenvalue weighted by Crippen LogP contribution is -2.53. The highest BCUT2D eigenvalue weighted by molar-refractivity contribution is 6.08. The van der Waals surface area contributed by atoms with Crippen LogP contribution < -0.4 is 10.2 Å². The third-order valence-corrected chi connectivity index (χ3v) is 5.55. The smallest absolute Gasteiger partial charge is 0.257 e. The molecule has 6 heteroatoms. The van der Waals surface area contributed by atoms with Gasteiger partial charge >= 0.3 is 0 Å². The van der Waals surface area contributed by atoms with E-state index in [9.17, 15) is 9.59 Å². The van der Waals surface area contributed by atoms with Crippen LogP contribution in [-0.4, -0.2) is 48.9 Å². The molecule has 2 amide bonds. The van der Waals surface area contributed by atoms with E-state index in [1.54, 1.807) is 35.2 Å². The molecule has 1 atom stereocenters. The number of carbonyl (C=O) groups is 2. The van der Waals surface area contributed by atoms with Gasteiger partial charge in [-0.25, -0.2) is 4.98 Å². The Labute approximate surface area is 152 Å². The van der Waals surface area contributed by atoms with E-state index in [-0.39, 0.29) is 11.8 Å². The van der Waals surface area contributed by atoms with Gasteiger partial charge in [0.25, 0.3) is 5.91 Å². The summed E-state index contributed by atoms with van der Waals surface area (Å²) in [6.07, 6.45) is 3.23. The van der Waals surface area contributed by atoms with Gasteiger partial charge in [-0.15, -0.1) is 0 Å². The molecule has 134 valence electrons. The Morgan fingerprint density at radius 2 is 2.04 bits per heavy atom. The third-order valence-electron chi connectivity index (χ3n) is 5.55. The van der Waals surface area contributed by atoms with Crippen molar-refractivity contribution in [1.29, 1.82) is 0 Å². The molecule has 26 heavy (non-hydrogen) atoms. The summed E-state index contributed by atoms with van der Waals surface area (Å²) in [6, 6.07) is 11.4. The minimum absolute atomic E-state index is 0.0798. The standard InChI is InChI=1S/C20H22N4O2/c1-21-17-14(7-5-11-22-17)18(25)24-12-6-10-20(13-24)15-8-3-4-9-16(15)23(2)19(20)26/h3-5,7-9,11H,6,10,12-13H2,1-2H3,(H,21,22)/t20-/m0/s1. The summed E-state index contributed by atoms with van der Waals surface area (Å²) in [5.41, 5.74) is 1.88. The Morgan fingerprint density at radius 1 is 1.23 bits per heavy atom. The van der Waals surface area contributed by atoms with Crippen LogP contribution in [0.3, 0.4) is 0 Å². The molecule has 1 saturated heterocycles. The van der Waals surface area contributed by atoms with Crippen LogP contribution in [0.5, 0.6) is 0 Å². The van der Waals surface area contributed by atoms with Gasteiger partial charge < -0.3 is 15.1 Å². The molecule has 0 saturated carbocycles. The number of aromatic nitrogens is 1. The van der Waals surface area contributed by atoms with E-state index in [0.29, 0.717) is 24.5 Å². The average molecular weight is 350 g/mol. The molecule has 2 aliphatic rings. The van der Waals surface area contributed by atoms with Gasteiger partial charge in [0.15, 0.2) is 0 Å². The van der Waals surface area contributed by atoms with Crippen LogP contribution in [0, 0.1) is 0 Å². The zero-order chi connectivity index (χ0) is 18.3. The monoisotopic (exact) mass is 350 g/mol. The maximum atomic E-state index is 13.1. The summed E-state index contributed by atoms with van der Waals surface area (Å²) in [5, 5.41) is 2.97. The van der Waals surface area contributed by atoms with Crippen molar-refractivity contribution in [3.8, 4) is 0 Å². The van der Waals surface area contributed by atoms with Gasteiger partial charge in [0.2, 0.25) is 5.91 Å². The first kappa shape index (κ1) is 16.6. The van der Waals surface area contributed by atoms with Gasteiger partial charge in [-0.1, -0.05) is 18.2 Å². The van der Waals surface area contributed by atoms with Crippen LogP contribution in [0.2, 0.25) is 0 Å². The topological polar surface area (TPSA) is 65.5 Å². The van der Waals surface area contributed by atoms with Crippen molar-refractivity contribution in [3.63, 3.8) is 0 Å². The molecule has 2 aliphatic heterocycles. The normalized spacial score (nSPS) is 21.8. The number of pyridine rings is 1. The molecule has 1 aromatic heterocycles. The number of anilines is 2. The number of fused-ring (bicyclic) bond motifs is 2. The number of benzene rings is 1. The summed E-state index contributed by atoms with van der Waals surface area (Å²) in [4.78, 5) is 34.0. The summed E-state index contributed by atoms with van der Waals surface area (Å²) in [6.45, 7) is 1.06.